The summed E-state index contributed by atoms with van der Waals surface area (Å²) in [6.45, 7) is 4.93. The molecule has 0 aliphatic carbocycles. The molecule has 2 aromatic carbocycles. The lowest BCUT2D eigenvalue weighted by molar-refractivity contribution is 0.552. The number of aliphatic imine (C=N–C) groups is 1. The molecule has 0 aliphatic heterocycles. The van der Waals surface area contributed by atoms with Crippen LogP contribution in [0.1, 0.15) is 23.6 Å². The lowest BCUT2D eigenvalue weighted by atomic mass is 9.99. The molecule has 0 unspecified atom stereocenters. The van der Waals surface area contributed by atoms with Crippen LogP contribution >= 0.6 is 11.6 Å². The van der Waals surface area contributed by atoms with Crippen LogP contribution in [-0.4, -0.2) is 24.8 Å². The molecule has 0 atom stereocenters. The molecular formula is C18H20ClFN2. The summed E-state index contributed by atoms with van der Waals surface area (Å²) in [5.74, 6) is -0.190. The zero-order chi connectivity index (χ0) is 16.1. The first kappa shape index (κ1) is 16.5. The van der Waals surface area contributed by atoms with Crippen molar-refractivity contribution in [3.63, 3.8) is 0 Å². The molecule has 0 spiro atoms. The second-order valence-corrected chi connectivity index (χ2v) is 5.72. The van der Waals surface area contributed by atoms with Crippen LogP contribution in [0.15, 0.2) is 41.4 Å². The highest BCUT2D eigenvalue weighted by atomic mass is 35.5. The summed E-state index contributed by atoms with van der Waals surface area (Å²) in [7, 11) is 1.96. The topological polar surface area (TPSA) is 15.6 Å². The van der Waals surface area contributed by atoms with E-state index in [4.69, 9.17) is 11.6 Å². The van der Waals surface area contributed by atoms with Crippen LogP contribution in [0, 0.1) is 12.7 Å². The molecule has 0 saturated heterocycles. The van der Waals surface area contributed by atoms with Crippen LogP contribution in [0.4, 0.5) is 10.1 Å². The van der Waals surface area contributed by atoms with Gasteiger partial charge < -0.3 is 4.90 Å². The molecule has 0 radical (unpaired) electrons. The van der Waals surface area contributed by atoms with E-state index in [0.29, 0.717) is 17.0 Å². The summed E-state index contributed by atoms with van der Waals surface area (Å²) in [4.78, 5) is 6.37. The number of hydrogen-bond acceptors (Lipinski definition) is 1. The second-order valence-electron chi connectivity index (χ2n) is 5.32. The quantitative estimate of drug-likeness (QED) is 0.560. The molecule has 0 aliphatic rings. The van der Waals surface area contributed by atoms with E-state index in [1.165, 1.54) is 6.07 Å². The fourth-order valence-electron chi connectivity index (χ4n) is 2.09. The van der Waals surface area contributed by atoms with E-state index in [2.05, 4.69) is 11.9 Å². The molecule has 2 rings (SSSR count). The van der Waals surface area contributed by atoms with Crippen LogP contribution < -0.4 is 0 Å². The highest BCUT2D eigenvalue weighted by Crippen LogP contribution is 2.29. The molecule has 0 amide bonds. The average molecular weight is 319 g/mol. The number of hydrogen-bond donors (Lipinski definition) is 0. The smallest absolute Gasteiger partial charge is 0.126 e. The third-order valence-corrected chi connectivity index (χ3v) is 3.94. The zero-order valence-electron chi connectivity index (χ0n) is 13.1. The first-order valence-corrected chi connectivity index (χ1v) is 7.66. The Bertz CT molecular complexity index is 683. The maximum absolute atomic E-state index is 13.8. The number of nitrogens with zero attached hydrogens (tertiary/aromatic N) is 2. The lowest BCUT2D eigenvalue weighted by Gasteiger charge is -2.11. The highest BCUT2D eigenvalue weighted by Gasteiger charge is 2.08. The highest BCUT2D eigenvalue weighted by molar-refractivity contribution is 6.33. The van der Waals surface area contributed by atoms with Gasteiger partial charge in [-0.1, -0.05) is 29.8 Å². The Morgan fingerprint density at radius 3 is 2.64 bits per heavy atom. The van der Waals surface area contributed by atoms with Crippen molar-refractivity contribution in [3.05, 3.63) is 63.9 Å². The standard InChI is InChI=1S/C18H20ClFN2/c1-4-22(3)12-21-18-9-13(2)15(11-16(18)19)10-14-7-5-6-8-17(14)20/h5-9,11-12H,4,10H2,1-3H3. The Hall–Kier alpha value is -1.87. The molecule has 0 N–H and O–H groups in total. The van der Waals surface area contributed by atoms with E-state index in [1.54, 1.807) is 18.5 Å². The van der Waals surface area contributed by atoms with Gasteiger partial charge in [-0.05, 0) is 48.7 Å². The van der Waals surface area contributed by atoms with E-state index in [9.17, 15) is 4.39 Å². The Morgan fingerprint density at radius 2 is 1.95 bits per heavy atom. The Kier molecular flexibility index (Phi) is 5.56. The van der Waals surface area contributed by atoms with E-state index in [1.807, 2.05) is 37.1 Å². The van der Waals surface area contributed by atoms with Gasteiger partial charge in [-0.15, -0.1) is 0 Å². The Labute approximate surface area is 136 Å². The fraction of sp³-hybridized carbons (Fsp3) is 0.278. The van der Waals surface area contributed by atoms with E-state index in [0.717, 1.165) is 23.4 Å². The maximum Gasteiger partial charge on any atom is 0.126 e. The third kappa shape index (κ3) is 4.08. The summed E-state index contributed by atoms with van der Waals surface area (Å²) in [6, 6.07) is 10.6. The van der Waals surface area contributed by atoms with Crippen molar-refractivity contribution < 1.29 is 4.39 Å². The van der Waals surface area contributed by atoms with Crippen molar-refractivity contribution in [3.8, 4) is 0 Å². The molecule has 4 heteroatoms. The summed E-state index contributed by atoms with van der Waals surface area (Å²) >= 11 is 6.31. The minimum atomic E-state index is -0.190. The van der Waals surface area contributed by atoms with Crippen molar-refractivity contribution >= 4 is 23.6 Å². The number of halogens is 2. The number of aryl methyl sites for hydroxylation is 1. The van der Waals surface area contributed by atoms with Gasteiger partial charge >= 0.3 is 0 Å². The monoisotopic (exact) mass is 318 g/mol. The summed E-state index contributed by atoms with van der Waals surface area (Å²) in [5.41, 5.74) is 3.47. The Morgan fingerprint density at radius 1 is 1.23 bits per heavy atom. The van der Waals surface area contributed by atoms with Crippen LogP contribution in [0.5, 0.6) is 0 Å². The van der Waals surface area contributed by atoms with Crippen molar-refractivity contribution in [1.29, 1.82) is 0 Å². The summed E-state index contributed by atoms with van der Waals surface area (Å²) in [6.07, 6.45) is 2.29. The molecule has 0 saturated carbocycles. The number of rotatable bonds is 5. The van der Waals surface area contributed by atoms with Gasteiger partial charge in [-0.25, -0.2) is 9.38 Å². The molecule has 116 valence electrons. The Balaban J connectivity index is 2.27. The SMILES string of the molecule is CCN(C)C=Nc1cc(C)c(Cc2ccccc2F)cc1Cl. The fourth-order valence-corrected chi connectivity index (χ4v) is 2.32. The summed E-state index contributed by atoms with van der Waals surface area (Å²) in [5, 5.41) is 0.581. The van der Waals surface area contributed by atoms with Gasteiger partial charge in [-0.2, -0.15) is 0 Å². The predicted molar refractivity (Wildman–Crippen MR) is 91.9 cm³/mol. The van der Waals surface area contributed by atoms with Crippen LogP contribution in [0.3, 0.4) is 0 Å². The zero-order valence-corrected chi connectivity index (χ0v) is 13.9. The van der Waals surface area contributed by atoms with Gasteiger partial charge in [0.15, 0.2) is 0 Å². The normalized spacial score (nSPS) is 11.1. The minimum absolute atomic E-state index is 0.190. The van der Waals surface area contributed by atoms with Crippen LogP contribution in [0.25, 0.3) is 0 Å². The van der Waals surface area contributed by atoms with Gasteiger partial charge in [0.2, 0.25) is 0 Å². The molecule has 2 nitrogen and oxygen atoms in total. The molecule has 0 heterocycles. The molecule has 0 aromatic heterocycles. The first-order valence-electron chi connectivity index (χ1n) is 7.28. The molecule has 22 heavy (non-hydrogen) atoms. The molecule has 0 bridgehead atoms. The second kappa shape index (κ2) is 7.41. The predicted octanol–water partition coefficient (Wildman–Crippen LogP) is 4.99. The summed E-state index contributed by atoms with van der Waals surface area (Å²) < 4.78 is 13.8. The average Bonchev–Trinajstić information content (AvgIpc) is 2.51. The maximum atomic E-state index is 13.8. The molecular weight excluding hydrogens is 299 g/mol. The van der Waals surface area contributed by atoms with Crippen LogP contribution in [0.2, 0.25) is 5.02 Å². The molecule has 0 fully saturated rings. The van der Waals surface area contributed by atoms with Gasteiger partial charge in [0, 0.05) is 20.0 Å². The van der Waals surface area contributed by atoms with E-state index >= 15 is 0 Å². The van der Waals surface area contributed by atoms with Crippen molar-refractivity contribution in [2.24, 2.45) is 4.99 Å². The van der Waals surface area contributed by atoms with Gasteiger partial charge in [0.25, 0.3) is 0 Å². The first-order chi connectivity index (χ1) is 10.5. The molecule has 2 aromatic rings. The van der Waals surface area contributed by atoms with Crippen molar-refractivity contribution in [2.45, 2.75) is 20.3 Å². The van der Waals surface area contributed by atoms with E-state index < -0.39 is 0 Å². The van der Waals surface area contributed by atoms with Gasteiger partial charge in [-0.3, -0.25) is 0 Å². The van der Waals surface area contributed by atoms with Gasteiger partial charge in [0.05, 0.1) is 17.0 Å². The van der Waals surface area contributed by atoms with Crippen LogP contribution in [-0.2, 0) is 6.42 Å². The van der Waals surface area contributed by atoms with Crippen molar-refractivity contribution in [1.82, 2.24) is 4.90 Å². The minimum Gasteiger partial charge on any atom is -0.366 e. The van der Waals surface area contributed by atoms with Crippen molar-refractivity contribution in [2.75, 3.05) is 13.6 Å². The van der Waals surface area contributed by atoms with Gasteiger partial charge in [0.1, 0.15) is 5.82 Å². The van der Waals surface area contributed by atoms with E-state index in [-0.39, 0.29) is 5.82 Å². The lowest BCUT2D eigenvalue weighted by Crippen LogP contribution is -2.14. The third-order valence-electron chi connectivity index (χ3n) is 3.64. The number of benzene rings is 2. The largest absolute Gasteiger partial charge is 0.366 e.